The molecule has 0 heterocycles. The Bertz CT molecular complexity index is 264. The third-order valence-electron chi connectivity index (χ3n) is 5.15. The average Bonchev–Trinajstić information content (AvgIpc) is 2.16. The van der Waals surface area contributed by atoms with Crippen LogP contribution in [-0.2, 0) is 0 Å². The predicted molar refractivity (Wildman–Crippen MR) is 62.3 cm³/mol. The molecule has 1 unspecified atom stereocenters. The summed E-state index contributed by atoms with van der Waals surface area (Å²) in [7, 11) is 2.03. The first-order chi connectivity index (χ1) is 7.25. The zero-order chi connectivity index (χ0) is 10.5. The molecule has 82 valence electrons. The first-order valence-electron chi connectivity index (χ1n) is 6.39. The summed E-state index contributed by atoms with van der Waals surface area (Å²) in [6, 6.07) is 0.325. The van der Waals surface area contributed by atoms with Gasteiger partial charge in [-0.1, -0.05) is 5.92 Å². The number of hydrogen-bond donors (Lipinski definition) is 1. The second kappa shape index (κ2) is 3.25. The molecule has 4 aliphatic carbocycles. The molecule has 1 heteroatoms. The molecule has 0 radical (unpaired) electrons. The van der Waals surface area contributed by atoms with E-state index in [9.17, 15) is 0 Å². The Balaban J connectivity index is 1.90. The van der Waals surface area contributed by atoms with Gasteiger partial charge in [0.05, 0.1) is 6.04 Å². The van der Waals surface area contributed by atoms with E-state index < -0.39 is 0 Å². The zero-order valence-corrected chi connectivity index (χ0v) is 9.63. The van der Waals surface area contributed by atoms with Gasteiger partial charge < -0.3 is 5.32 Å². The van der Waals surface area contributed by atoms with Crippen LogP contribution in [0, 0.1) is 35.5 Å². The van der Waals surface area contributed by atoms with Crippen LogP contribution in [0.5, 0.6) is 0 Å². The van der Waals surface area contributed by atoms with Crippen LogP contribution in [-0.4, -0.2) is 13.1 Å². The van der Waals surface area contributed by atoms with Crippen LogP contribution in [0.15, 0.2) is 0 Å². The van der Waals surface area contributed by atoms with Crippen molar-refractivity contribution in [2.45, 2.75) is 44.6 Å². The van der Waals surface area contributed by atoms with Gasteiger partial charge in [0, 0.05) is 0 Å². The summed E-state index contributed by atoms with van der Waals surface area (Å²) in [6.45, 7) is 0. The first kappa shape index (κ1) is 9.73. The molecule has 15 heavy (non-hydrogen) atoms. The topological polar surface area (TPSA) is 12.0 Å². The average molecular weight is 203 g/mol. The van der Waals surface area contributed by atoms with Crippen molar-refractivity contribution in [3.63, 3.8) is 0 Å². The van der Waals surface area contributed by atoms with Gasteiger partial charge in [-0.25, -0.2) is 0 Å². The third kappa shape index (κ3) is 1.35. The third-order valence-corrected chi connectivity index (χ3v) is 5.15. The van der Waals surface area contributed by atoms with Crippen LogP contribution >= 0.6 is 0 Å². The van der Waals surface area contributed by atoms with Crippen molar-refractivity contribution < 1.29 is 0 Å². The van der Waals surface area contributed by atoms with Crippen molar-refractivity contribution in [2.24, 2.45) is 23.2 Å². The minimum atomic E-state index is 0.325. The molecule has 0 amide bonds. The van der Waals surface area contributed by atoms with E-state index in [4.69, 9.17) is 6.42 Å². The van der Waals surface area contributed by atoms with Crippen molar-refractivity contribution in [2.75, 3.05) is 7.05 Å². The summed E-state index contributed by atoms with van der Waals surface area (Å²) in [6.07, 6.45) is 14.4. The van der Waals surface area contributed by atoms with E-state index in [-0.39, 0.29) is 0 Å². The molecule has 4 bridgehead atoms. The maximum absolute atomic E-state index is 5.69. The highest BCUT2D eigenvalue weighted by atomic mass is 14.9. The molecular formula is C14H21N. The number of terminal acetylenes is 1. The minimum absolute atomic E-state index is 0.325. The Morgan fingerprint density at radius 1 is 1.13 bits per heavy atom. The van der Waals surface area contributed by atoms with Gasteiger partial charge in [0.15, 0.2) is 0 Å². The van der Waals surface area contributed by atoms with Crippen LogP contribution in [0.1, 0.15) is 38.5 Å². The molecule has 4 saturated carbocycles. The largest absolute Gasteiger partial charge is 0.306 e. The molecule has 1 nitrogen and oxygen atoms in total. The van der Waals surface area contributed by atoms with E-state index in [2.05, 4.69) is 11.2 Å². The van der Waals surface area contributed by atoms with Gasteiger partial charge in [0.2, 0.25) is 0 Å². The van der Waals surface area contributed by atoms with E-state index in [0.29, 0.717) is 11.5 Å². The van der Waals surface area contributed by atoms with Crippen LogP contribution in [0.4, 0.5) is 0 Å². The first-order valence-corrected chi connectivity index (χ1v) is 6.39. The second-order valence-electron chi connectivity index (χ2n) is 6.17. The molecule has 4 fully saturated rings. The molecule has 0 aliphatic heterocycles. The van der Waals surface area contributed by atoms with Gasteiger partial charge in [-0.3, -0.25) is 0 Å². The van der Waals surface area contributed by atoms with Gasteiger partial charge in [-0.05, 0) is 68.7 Å². The molecule has 0 spiro atoms. The van der Waals surface area contributed by atoms with Crippen molar-refractivity contribution in [1.82, 2.24) is 5.32 Å². The van der Waals surface area contributed by atoms with E-state index in [1.165, 1.54) is 38.5 Å². The molecule has 0 aromatic rings. The van der Waals surface area contributed by atoms with Crippen LogP contribution in [0.2, 0.25) is 0 Å². The normalized spacial score (nSPS) is 48.9. The van der Waals surface area contributed by atoms with Crippen molar-refractivity contribution in [3.8, 4) is 12.3 Å². The molecule has 4 rings (SSSR count). The fourth-order valence-corrected chi connectivity index (χ4v) is 5.10. The van der Waals surface area contributed by atoms with E-state index in [1.54, 1.807) is 0 Å². The number of nitrogens with one attached hydrogen (secondary N) is 1. The van der Waals surface area contributed by atoms with Gasteiger partial charge >= 0.3 is 0 Å². The fourth-order valence-electron chi connectivity index (χ4n) is 5.10. The summed E-state index contributed by atoms with van der Waals surface area (Å²) in [5.41, 5.74) is 0.470. The zero-order valence-electron chi connectivity index (χ0n) is 9.63. The lowest BCUT2D eigenvalue weighted by atomic mass is 9.48. The molecular weight excluding hydrogens is 182 g/mol. The highest BCUT2D eigenvalue weighted by molar-refractivity contribution is 5.14. The van der Waals surface area contributed by atoms with Crippen LogP contribution in [0.3, 0.4) is 0 Å². The van der Waals surface area contributed by atoms with Crippen LogP contribution in [0.25, 0.3) is 0 Å². The van der Waals surface area contributed by atoms with Crippen molar-refractivity contribution >= 4 is 0 Å². The Morgan fingerprint density at radius 3 is 1.93 bits per heavy atom. The fraction of sp³-hybridized carbons (Fsp3) is 0.857. The molecule has 0 saturated heterocycles. The molecule has 4 aliphatic rings. The Labute approximate surface area is 93.0 Å². The standard InChI is InChI=1S/C14H21N/c1-3-13(15-2)14-7-10-4-11(8-14)6-12(5-10)9-14/h1,10-13,15H,4-9H2,2H3. The SMILES string of the molecule is C#CC(NC)C12CC3CC(CC(C3)C1)C2. The Kier molecular flexibility index (Phi) is 2.11. The highest BCUT2D eigenvalue weighted by Gasteiger charge is 2.53. The lowest BCUT2D eigenvalue weighted by Crippen LogP contribution is -2.54. The molecule has 1 N–H and O–H groups in total. The van der Waals surface area contributed by atoms with Crippen molar-refractivity contribution in [3.05, 3.63) is 0 Å². The molecule has 1 atom stereocenters. The number of rotatable bonds is 2. The van der Waals surface area contributed by atoms with E-state index in [1.807, 2.05) is 7.05 Å². The summed E-state index contributed by atoms with van der Waals surface area (Å²) < 4.78 is 0. The maximum atomic E-state index is 5.69. The predicted octanol–water partition coefficient (Wildman–Crippen LogP) is 2.42. The summed E-state index contributed by atoms with van der Waals surface area (Å²) in [5, 5.41) is 3.37. The maximum Gasteiger partial charge on any atom is 0.0741 e. The van der Waals surface area contributed by atoms with E-state index >= 15 is 0 Å². The second-order valence-corrected chi connectivity index (χ2v) is 6.17. The van der Waals surface area contributed by atoms with Gasteiger partial charge in [0.25, 0.3) is 0 Å². The molecule has 0 aromatic carbocycles. The van der Waals surface area contributed by atoms with Crippen LogP contribution < -0.4 is 5.32 Å². The summed E-state index contributed by atoms with van der Waals surface area (Å²) in [5.74, 6) is 6.00. The lowest BCUT2D eigenvalue weighted by molar-refractivity contribution is -0.0622. The van der Waals surface area contributed by atoms with Crippen molar-refractivity contribution in [1.29, 1.82) is 0 Å². The summed E-state index contributed by atoms with van der Waals surface area (Å²) >= 11 is 0. The molecule has 0 aromatic heterocycles. The smallest absolute Gasteiger partial charge is 0.0741 e. The monoisotopic (exact) mass is 203 g/mol. The number of hydrogen-bond acceptors (Lipinski definition) is 1. The lowest BCUT2D eigenvalue weighted by Gasteiger charge is -2.58. The quantitative estimate of drug-likeness (QED) is 0.680. The van der Waals surface area contributed by atoms with Gasteiger partial charge in [-0.2, -0.15) is 0 Å². The Morgan fingerprint density at radius 2 is 1.60 bits per heavy atom. The highest BCUT2D eigenvalue weighted by Crippen LogP contribution is 2.61. The Hall–Kier alpha value is -0.480. The van der Waals surface area contributed by atoms with E-state index in [0.717, 1.165) is 17.8 Å². The summed E-state index contributed by atoms with van der Waals surface area (Å²) in [4.78, 5) is 0. The van der Waals surface area contributed by atoms with Gasteiger partial charge in [0.1, 0.15) is 0 Å². The van der Waals surface area contributed by atoms with Gasteiger partial charge in [-0.15, -0.1) is 6.42 Å². The minimum Gasteiger partial charge on any atom is -0.306 e.